The smallest absolute Gasteiger partial charge is 0.405 e. The Labute approximate surface area is 158 Å². The van der Waals surface area contributed by atoms with E-state index in [1.54, 1.807) is 12.1 Å². The lowest BCUT2D eigenvalue weighted by atomic mass is 10.2. The van der Waals surface area contributed by atoms with Gasteiger partial charge >= 0.3 is 6.36 Å². The second kappa shape index (κ2) is 8.53. The standard InChI is InChI=1S/C18H18F3N3O2S/c1-24(12-13-6-2-3-7-14(13)25-18(19,20)21)10-4-9-16-22-17(23-26-16)15-8-5-11-27-15/h2-3,5-8,11H,4,9-10,12H2,1H3. The average molecular weight is 397 g/mol. The number of para-hydroxylation sites is 1. The van der Waals surface area contributed by atoms with Crippen LogP contribution in [0.5, 0.6) is 5.75 Å². The first-order valence-corrected chi connectivity index (χ1v) is 9.17. The molecule has 0 atom stereocenters. The van der Waals surface area contributed by atoms with Crippen molar-refractivity contribution in [2.75, 3.05) is 13.6 Å². The highest BCUT2D eigenvalue weighted by Crippen LogP contribution is 2.27. The Morgan fingerprint density at radius 1 is 1.19 bits per heavy atom. The van der Waals surface area contributed by atoms with E-state index in [-0.39, 0.29) is 5.75 Å². The molecule has 0 amide bonds. The molecule has 144 valence electrons. The van der Waals surface area contributed by atoms with E-state index in [0.29, 0.717) is 36.8 Å². The van der Waals surface area contributed by atoms with Gasteiger partial charge in [-0.05, 0) is 37.5 Å². The lowest BCUT2D eigenvalue weighted by Gasteiger charge is -2.19. The molecule has 0 radical (unpaired) electrons. The summed E-state index contributed by atoms with van der Waals surface area (Å²) in [6.07, 6.45) is -3.36. The second-order valence-corrected chi connectivity index (χ2v) is 6.93. The number of thiophene rings is 1. The van der Waals surface area contributed by atoms with Crippen LogP contribution in [0.1, 0.15) is 17.9 Å². The predicted molar refractivity (Wildman–Crippen MR) is 95.4 cm³/mol. The third-order valence-electron chi connectivity index (χ3n) is 3.78. The fourth-order valence-corrected chi connectivity index (χ4v) is 3.24. The molecule has 0 bridgehead atoms. The van der Waals surface area contributed by atoms with E-state index in [1.807, 2.05) is 29.5 Å². The third kappa shape index (κ3) is 5.80. The van der Waals surface area contributed by atoms with Crippen LogP contribution in [0.25, 0.3) is 10.7 Å². The van der Waals surface area contributed by atoms with Crippen molar-refractivity contribution in [1.29, 1.82) is 0 Å². The van der Waals surface area contributed by atoms with Crippen LogP contribution in [0.2, 0.25) is 0 Å². The molecule has 0 unspecified atom stereocenters. The van der Waals surface area contributed by atoms with Crippen LogP contribution in [0, 0.1) is 0 Å². The molecular weight excluding hydrogens is 379 g/mol. The fraction of sp³-hybridized carbons (Fsp3) is 0.333. The van der Waals surface area contributed by atoms with Gasteiger partial charge < -0.3 is 14.2 Å². The van der Waals surface area contributed by atoms with Gasteiger partial charge in [0.25, 0.3) is 0 Å². The summed E-state index contributed by atoms with van der Waals surface area (Å²) in [7, 11) is 1.84. The van der Waals surface area contributed by atoms with Gasteiger partial charge in [-0.2, -0.15) is 4.98 Å². The van der Waals surface area contributed by atoms with Crippen molar-refractivity contribution in [3.63, 3.8) is 0 Å². The lowest BCUT2D eigenvalue weighted by Crippen LogP contribution is -2.22. The van der Waals surface area contributed by atoms with Crippen LogP contribution in [0.3, 0.4) is 0 Å². The molecular formula is C18H18F3N3O2S. The molecule has 0 saturated carbocycles. The molecule has 0 fully saturated rings. The molecule has 0 N–H and O–H groups in total. The molecule has 0 aliphatic carbocycles. The highest BCUT2D eigenvalue weighted by Gasteiger charge is 2.32. The summed E-state index contributed by atoms with van der Waals surface area (Å²) in [5.41, 5.74) is 0.482. The molecule has 27 heavy (non-hydrogen) atoms. The van der Waals surface area contributed by atoms with Crippen molar-refractivity contribution in [3.05, 3.63) is 53.2 Å². The SMILES string of the molecule is CN(CCCc1nc(-c2cccs2)no1)Cc1ccccc1OC(F)(F)F. The van der Waals surface area contributed by atoms with Crippen molar-refractivity contribution in [1.82, 2.24) is 15.0 Å². The normalized spacial score (nSPS) is 11.9. The van der Waals surface area contributed by atoms with Gasteiger partial charge in [0.2, 0.25) is 11.7 Å². The van der Waals surface area contributed by atoms with Crippen molar-refractivity contribution >= 4 is 11.3 Å². The number of ether oxygens (including phenoxy) is 1. The Kier molecular flexibility index (Phi) is 6.12. The molecule has 0 aliphatic rings. The van der Waals surface area contributed by atoms with E-state index in [4.69, 9.17) is 4.52 Å². The highest BCUT2D eigenvalue weighted by atomic mass is 32.1. The molecule has 5 nitrogen and oxygen atoms in total. The molecule has 2 heterocycles. The summed E-state index contributed by atoms with van der Waals surface area (Å²) >= 11 is 1.54. The summed E-state index contributed by atoms with van der Waals surface area (Å²) < 4.78 is 46.8. The summed E-state index contributed by atoms with van der Waals surface area (Å²) in [5.74, 6) is 0.952. The summed E-state index contributed by atoms with van der Waals surface area (Å²) in [4.78, 5) is 7.23. The summed E-state index contributed by atoms with van der Waals surface area (Å²) in [5, 5.41) is 5.90. The van der Waals surface area contributed by atoms with Gasteiger partial charge in [-0.25, -0.2) is 0 Å². The Morgan fingerprint density at radius 3 is 2.74 bits per heavy atom. The predicted octanol–water partition coefficient (Wildman–Crippen LogP) is 4.76. The van der Waals surface area contributed by atoms with E-state index in [1.165, 1.54) is 23.5 Å². The first-order valence-electron chi connectivity index (χ1n) is 8.29. The van der Waals surface area contributed by atoms with Gasteiger partial charge in [-0.3, -0.25) is 0 Å². The third-order valence-corrected chi connectivity index (χ3v) is 4.64. The maximum Gasteiger partial charge on any atom is 0.573 e. The first-order chi connectivity index (χ1) is 12.9. The van der Waals surface area contributed by atoms with Crippen LogP contribution >= 0.6 is 11.3 Å². The van der Waals surface area contributed by atoms with E-state index < -0.39 is 6.36 Å². The zero-order chi connectivity index (χ0) is 19.3. The Morgan fingerprint density at radius 2 is 2.00 bits per heavy atom. The minimum atomic E-state index is -4.70. The molecule has 2 aromatic heterocycles. The van der Waals surface area contributed by atoms with Gasteiger partial charge in [-0.15, -0.1) is 24.5 Å². The number of hydrogen-bond acceptors (Lipinski definition) is 6. The van der Waals surface area contributed by atoms with Gasteiger partial charge in [0, 0.05) is 18.5 Å². The first kappa shape index (κ1) is 19.4. The monoisotopic (exact) mass is 397 g/mol. The number of nitrogens with zero attached hydrogens (tertiary/aromatic N) is 3. The maximum absolute atomic E-state index is 12.5. The number of alkyl halides is 3. The van der Waals surface area contributed by atoms with Crippen LogP contribution in [0.4, 0.5) is 13.2 Å². The number of halogens is 3. The van der Waals surface area contributed by atoms with E-state index in [2.05, 4.69) is 14.9 Å². The number of aromatic nitrogens is 2. The summed E-state index contributed by atoms with van der Waals surface area (Å²) in [6, 6.07) is 10.0. The minimum absolute atomic E-state index is 0.172. The van der Waals surface area contributed by atoms with Crippen LogP contribution in [-0.4, -0.2) is 35.0 Å². The zero-order valence-electron chi connectivity index (χ0n) is 14.6. The average Bonchev–Trinajstić information content (AvgIpc) is 3.26. The lowest BCUT2D eigenvalue weighted by molar-refractivity contribution is -0.275. The van der Waals surface area contributed by atoms with Crippen molar-refractivity contribution in [2.45, 2.75) is 25.7 Å². The van der Waals surface area contributed by atoms with Crippen LogP contribution in [-0.2, 0) is 13.0 Å². The molecule has 0 saturated heterocycles. The molecule has 9 heteroatoms. The second-order valence-electron chi connectivity index (χ2n) is 5.99. The zero-order valence-corrected chi connectivity index (χ0v) is 15.4. The van der Waals surface area contributed by atoms with E-state index >= 15 is 0 Å². The van der Waals surface area contributed by atoms with Gasteiger partial charge in [-0.1, -0.05) is 29.4 Å². The van der Waals surface area contributed by atoms with Crippen molar-refractivity contribution < 1.29 is 22.4 Å². The van der Waals surface area contributed by atoms with E-state index in [9.17, 15) is 13.2 Å². The molecule has 0 spiro atoms. The maximum atomic E-state index is 12.5. The number of aryl methyl sites for hydroxylation is 1. The quantitative estimate of drug-likeness (QED) is 0.548. The largest absolute Gasteiger partial charge is 0.573 e. The van der Waals surface area contributed by atoms with Gasteiger partial charge in [0.05, 0.1) is 4.88 Å². The fourth-order valence-electron chi connectivity index (χ4n) is 2.59. The molecule has 3 rings (SSSR count). The Hall–Kier alpha value is -2.39. The minimum Gasteiger partial charge on any atom is -0.405 e. The number of benzene rings is 1. The van der Waals surface area contributed by atoms with Crippen molar-refractivity contribution in [3.8, 4) is 16.5 Å². The Balaban J connectivity index is 1.50. The van der Waals surface area contributed by atoms with Crippen LogP contribution in [0.15, 0.2) is 46.3 Å². The molecule has 1 aromatic carbocycles. The highest BCUT2D eigenvalue weighted by molar-refractivity contribution is 7.13. The van der Waals surface area contributed by atoms with Gasteiger partial charge in [0.15, 0.2) is 0 Å². The summed E-state index contributed by atoms with van der Waals surface area (Å²) in [6.45, 7) is 1.01. The molecule has 3 aromatic rings. The van der Waals surface area contributed by atoms with Gasteiger partial charge in [0.1, 0.15) is 5.75 Å². The topological polar surface area (TPSA) is 51.4 Å². The Bertz CT molecular complexity index is 850. The number of rotatable bonds is 8. The van der Waals surface area contributed by atoms with E-state index in [0.717, 1.165) is 11.3 Å². The molecule has 0 aliphatic heterocycles. The van der Waals surface area contributed by atoms with Crippen molar-refractivity contribution in [2.24, 2.45) is 0 Å². The number of hydrogen-bond donors (Lipinski definition) is 0. The van der Waals surface area contributed by atoms with Crippen LogP contribution < -0.4 is 4.74 Å².